The SMILES string of the molecule is CCNC(=NCC(C)N1CCN(CC)CC1)NCCCOC1CCCCC1. The summed E-state index contributed by atoms with van der Waals surface area (Å²) in [7, 11) is 0. The molecule has 27 heavy (non-hydrogen) atoms. The van der Waals surface area contributed by atoms with Crippen molar-refractivity contribution < 1.29 is 4.74 Å². The second kappa shape index (κ2) is 13.3. The van der Waals surface area contributed by atoms with Crippen molar-refractivity contribution in [3.63, 3.8) is 0 Å². The molecule has 0 aromatic heterocycles. The van der Waals surface area contributed by atoms with E-state index in [0.717, 1.165) is 51.7 Å². The topological polar surface area (TPSA) is 52.1 Å². The van der Waals surface area contributed by atoms with Gasteiger partial charge in [0, 0.05) is 51.9 Å². The lowest BCUT2D eigenvalue weighted by atomic mass is 9.98. The van der Waals surface area contributed by atoms with Crippen molar-refractivity contribution in [1.29, 1.82) is 0 Å². The van der Waals surface area contributed by atoms with Crippen LogP contribution >= 0.6 is 0 Å². The number of nitrogens with one attached hydrogen (secondary N) is 2. The second-order valence-corrected chi connectivity index (χ2v) is 7.95. The van der Waals surface area contributed by atoms with E-state index < -0.39 is 0 Å². The fourth-order valence-electron chi connectivity index (χ4n) is 3.96. The quantitative estimate of drug-likeness (QED) is 0.345. The van der Waals surface area contributed by atoms with Gasteiger partial charge in [0.25, 0.3) is 0 Å². The summed E-state index contributed by atoms with van der Waals surface area (Å²) in [5.74, 6) is 0.939. The lowest BCUT2D eigenvalue weighted by Crippen LogP contribution is -2.50. The molecular weight excluding hydrogens is 338 g/mol. The largest absolute Gasteiger partial charge is 0.378 e. The van der Waals surface area contributed by atoms with Gasteiger partial charge in [-0.2, -0.15) is 0 Å². The lowest BCUT2D eigenvalue weighted by molar-refractivity contribution is 0.0277. The van der Waals surface area contributed by atoms with Crippen molar-refractivity contribution in [2.45, 2.75) is 71.4 Å². The van der Waals surface area contributed by atoms with Gasteiger partial charge < -0.3 is 20.3 Å². The molecule has 1 saturated heterocycles. The van der Waals surface area contributed by atoms with E-state index in [4.69, 9.17) is 9.73 Å². The van der Waals surface area contributed by atoms with Crippen molar-refractivity contribution in [3.8, 4) is 0 Å². The molecule has 2 fully saturated rings. The first-order valence-corrected chi connectivity index (χ1v) is 11.3. The molecule has 1 heterocycles. The Balaban J connectivity index is 1.62. The summed E-state index contributed by atoms with van der Waals surface area (Å²) in [6.45, 7) is 16.0. The highest BCUT2D eigenvalue weighted by Crippen LogP contribution is 2.20. The van der Waals surface area contributed by atoms with Crippen LogP contribution in [0.25, 0.3) is 0 Å². The number of guanidine groups is 1. The van der Waals surface area contributed by atoms with Crippen LogP contribution in [0.2, 0.25) is 0 Å². The van der Waals surface area contributed by atoms with E-state index in [1.165, 1.54) is 51.7 Å². The van der Waals surface area contributed by atoms with Gasteiger partial charge >= 0.3 is 0 Å². The Kier molecular flexibility index (Phi) is 11.1. The number of ether oxygens (including phenoxy) is 1. The van der Waals surface area contributed by atoms with Gasteiger partial charge in [-0.05, 0) is 39.7 Å². The third kappa shape index (κ3) is 8.79. The van der Waals surface area contributed by atoms with Gasteiger partial charge in [-0.3, -0.25) is 9.89 Å². The van der Waals surface area contributed by atoms with Crippen LogP contribution in [-0.2, 0) is 4.74 Å². The predicted molar refractivity (Wildman–Crippen MR) is 115 cm³/mol. The number of piperazine rings is 1. The van der Waals surface area contributed by atoms with E-state index >= 15 is 0 Å². The Morgan fingerprint density at radius 1 is 1.07 bits per heavy atom. The fraction of sp³-hybridized carbons (Fsp3) is 0.952. The molecule has 0 bridgehead atoms. The van der Waals surface area contributed by atoms with E-state index in [9.17, 15) is 0 Å². The van der Waals surface area contributed by atoms with E-state index in [1.807, 2.05) is 0 Å². The predicted octanol–water partition coefficient (Wildman–Crippen LogP) is 2.31. The maximum Gasteiger partial charge on any atom is 0.191 e. The average Bonchev–Trinajstić information content (AvgIpc) is 2.72. The lowest BCUT2D eigenvalue weighted by Gasteiger charge is -2.37. The van der Waals surface area contributed by atoms with E-state index in [2.05, 4.69) is 41.2 Å². The molecule has 158 valence electrons. The molecule has 6 heteroatoms. The zero-order valence-electron chi connectivity index (χ0n) is 18.0. The molecule has 0 spiro atoms. The highest BCUT2D eigenvalue weighted by molar-refractivity contribution is 5.79. The number of hydrogen-bond acceptors (Lipinski definition) is 4. The number of nitrogens with zero attached hydrogens (tertiary/aromatic N) is 3. The molecule has 2 rings (SSSR count). The molecule has 1 unspecified atom stereocenters. The molecule has 2 aliphatic rings. The molecule has 1 saturated carbocycles. The van der Waals surface area contributed by atoms with Gasteiger partial charge in [0.2, 0.25) is 0 Å². The Morgan fingerprint density at radius 3 is 2.48 bits per heavy atom. The van der Waals surface area contributed by atoms with Gasteiger partial charge in [0.15, 0.2) is 5.96 Å². The van der Waals surface area contributed by atoms with Crippen LogP contribution in [0.4, 0.5) is 0 Å². The van der Waals surface area contributed by atoms with Crippen LogP contribution in [0.15, 0.2) is 4.99 Å². The van der Waals surface area contributed by atoms with E-state index in [1.54, 1.807) is 0 Å². The van der Waals surface area contributed by atoms with Crippen molar-refractivity contribution >= 4 is 5.96 Å². The summed E-state index contributed by atoms with van der Waals surface area (Å²) in [4.78, 5) is 9.90. The number of aliphatic imine (C=N–C) groups is 1. The molecule has 6 nitrogen and oxygen atoms in total. The van der Waals surface area contributed by atoms with Crippen LogP contribution in [0, 0.1) is 0 Å². The Morgan fingerprint density at radius 2 is 1.81 bits per heavy atom. The minimum atomic E-state index is 0.495. The minimum absolute atomic E-state index is 0.495. The first kappa shape index (κ1) is 22.4. The fourth-order valence-corrected chi connectivity index (χ4v) is 3.96. The molecule has 0 radical (unpaired) electrons. The molecule has 1 aliphatic carbocycles. The van der Waals surface area contributed by atoms with Gasteiger partial charge in [-0.1, -0.05) is 26.2 Å². The maximum absolute atomic E-state index is 6.01. The summed E-state index contributed by atoms with van der Waals surface area (Å²) in [6, 6.07) is 0.495. The molecule has 0 aromatic carbocycles. The average molecular weight is 382 g/mol. The summed E-state index contributed by atoms with van der Waals surface area (Å²) in [6.07, 6.45) is 8.11. The highest BCUT2D eigenvalue weighted by atomic mass is 16.5. The van der Waals surface area contributed by atoms with Crippen LogP contribution in [0.1, 0.15) is 59.3 Å². The van der Waals surface area contributed by atoms with Crippen molar-refractivity contribution in [2.75, 3.05) is 59.0 Å². The number of rotatable bonds is 10. The smallest absolute Gasteiger partial charge is 0.191 e. The second-order valence-electron chi connectivity index (χ2n) is 7.95. The zero-order chi connectivity index (χ0) is 19.3. The first-order chi connectivity index (χ1) is 13.2. The van der Waals surface area contributed by atoms with Crippen LogP contribution in [-0.4, -0.2) is 86.9 Å². The third-order valence-electron chi connectivity index (χ3n) is 5.85. The van der Waals surface area contributed by atoms with E-state index in [0.29, 0.717) is 12.1 Å². The molecule has 2 N–H and O–H groups in total. The zero-order valence-corrected chi connectivity index (χ0v) is 18.0. The van der Waals surface area contributed by atoms with Gasteiger partial charge in [-0.15, -0.1) is 0 Å². The summed E-state index contributed by atoms with van der Waals surface area (Å²) in [5, 5.41) is 6.83. The normalized spacial score (nSPS) is 22.0. The van der Waals surface area contributed by atoms with Crippen molar-refractivity contribution in [2.24, 2.45) is 4.99 Å². The third-order valence-corrected chi connectivity index (χ3v) is 5.85. The standard InChI is InChI=1S/C21H43N5O/c1-4-22-21(23-12-9-17-27-20-10-7-6-8-11-20)24-18-19(3)26-15-13-25(5-2)14-16-26/h19-20H,4-18H2,1-3H3,(H2,22,23,24). The first-order valence-electron chi connectivity index (χ1n) is 11.3. The Bertz CT molecular complexity index is 403. The summed E-state index contributed by atoms with van der Waals surface area (Å²) >= 11 is 0. The van der Waals surface area contributed by atoms with Gasteiger partial charge in [0.1, 0.15) is 0 Å². The van der Waals surface area contributed by atoms with Crippen LogP contribution in [0.5, 0.6) is 0 Å². The summed E-state index contributed by atoms with van der Waals surface area (Å²) in [5.41, 5.74) is 0. The van der Waals surface area contributed by atoms with Crippen LogP contribution in [0.3, 0.4) is 0 Å². The highest BCUT2D eigenvalue weighted by Gasteiger charge is 2.20. The Labute approximate surface area is 167 Å². The number of likely N-dealkylation sites (N-methyl/N-ethyl adjacent to an activating group) is 1. The van der Waals surface area contributed by atoms with Gasteiger partial charge in [0.05, 0.1) is 12.6 Å². The van der Waals surface area contributed by atoms with E-state index in [-0.39, 0.29) is 0 Å². The minimum Gasteiger partial charge on any atom is -0.378 e. The molecule has 1 aliphatic heterocycles. The van der Waals surface area contributed by atoms with Crippen LogP contribution < -0.4 is 10.6 Å². The molecule has 1 atom stereocenters. The monoisotopic (exact) mass is 381 g/mol. The van der Waals surface area contributed by atoms with Crippen molar-refractivity contribution in [1.82, 2.24) is 20.4 Å². The van der Waals surface area contributed by atoms with Crippen molar-refractivity contribution in [3.05, 3.63) is 0 Å². The summed E-state index contributed by atoms with van der Waals surface area (Å²) < 4.78 is 6.01. The molecular formula is C21H43N5O. The maximum atomic E-state index is 6.01. The molecule has 0 aromatic rings. The number of hydrogen-bond donors (Lipinski definition) is 2. The van der Waals surface area contributed by atoms with Gasteiger partial charge in [-0.25, -0.2) is 0 Å². The Hall–Kier alpha value is -0.850. The molecule has 0 amide bonds.